The molecule has 1 aliphatic heterocycles. The van der Waals surface area contributed by atoms with Crippen LogP contribution in [0.15, 0.2) is 23.2 Å². The first-order valence-corrected chi connectivity index (χ1v) is 5.42. The van der Waals surface area contributed by atoms with Crippen LogP contribution in [0.1, 0.15) is 18.9 Å². The lowest BCUT2D eigenvalue weighted by Crippen LogP contribution is -2.32. The third-order valence-corrected chi connectivity index (χ3v) is 2.63. The summed E-state index contributed by atoms with van der Waals surface area (Å²) in [6.45, 7) is 3.14. The van der Waals surface area contributed by atoms with Crippen molar-refractivity contribution in [1.82, 2.24) is 0 Å². The molecule has 0 saturated heterocycles. The van der Waals surface area contributed by atoms with E-state index in [4.69, 9.17) is 5.73 Å². The van der Waals surface area contributed by atoms with E-state index in [1.54, 1.807) is 11.1 Å². The van der Waals surface area contributed by atoms with Crippen molar-refractivity contribution in [1.29, 1.82) is 0 Å². The van der Waals surface area contributed by atoms with Gasteiger partial charge in [-0.2, -0.15) is 0 Å². The van der Waals surface area contributed by atoms with Crippen LogP contribution in [-0.4, -0.2) is 25.2 Å². The molecule has 84 valence electrons. The van der Waals surface area contributed by atoms with Gasteiger partial charge in [-0.3, -0.25) is 9.79 Å². The van der Waals surface area contributed by atoms with Gasteiger partial charge in [0.2, 0.25) is 5.91 Å². The van der Waals surface area contributed by atoms with Gasteiger partial charge in [-0.15, -0.1) is 0 Å². The highest BCUT2D eigenvalue weighted by Crippen LogP contribution is 2.24. The predicted octanol–water partition coefficient (Wildman–Crippen LogP) is 1.44. The summed E-state index contributed by atoms with van der Waals surface area (Å²) >= 11 is 0. The molecule has 0 atom stereocenters. The average Bonchev–Trinajstić information content (AvgIpc) is 2.49. The number of anilines is 2. The maximum atomic E-state index is 11.8. The molecular weight excluding hydrogens is 202 g/mol. The number of benzodiazepines with no additional fused rings is 1. The topological polar surface area (TPSA) is 58.7 Å². The van der Waals surface area contributed by atoms with Crippen LogP contribution >= 0.6 is 0 Å². The summed E-state index contributed by atoms with van der Waals surface area (Å²) in [6, 6.07) is 5.55. The smallest absolute Gasteiger partial charge is 0.226 e. The molecule has 0 unspecified atom stereocenters. The molecule has 0 radical (unpaired) electrons. The molecular formula is C12H15N3O. The molecule has 1 heterocycles. The molecule has 0 fully saturated rings. The van der Waals surface area contributed by atoms with E-state index in [1.807, 2.05) is 25.1 Å². The summed E-state index contributed by atoms with van der Waals surface area (Å²) in [4.78, 5) is 17.8. The van der Waals surface area contributed by atoms with E-state index in [2.05, 4.69) is 4.99 Å². The molecule has 1 aromatic carbocycles. The minimum atomic E-state index is 0.122. The molecule has 4 nitrogen and oxygen atoms in total. The van der Waals surface area contributed by atoms with Crippen LogP contribution in [0.3, 0.4) is 0 Å². The fourth-order valence-electron chi connectivity index (χ4n) is 1.81. The van der Waals surface area contributed by atoms with Crippen molar-refractivity contribution >= 4 is 23.5 Å². The number of carbonyl (C=O) groups is 1. The molecule has 1 aromatic rings. The Labute approximate surface area is 94.8 Å². The van der Waals surface area contributed by atoms with Crippen LogP contribution in [0.2, 0.25) is 0 Å². The molecule has 0 aliphatic carbocycles. The van der Waals surface area contributed by atoms with E-state index in [-0.39, 0.29) is 5.91 Å². The van der Waals surface area contributed by atoms with Crippen LogP contribution < -0.4 is 10.6 Å². The van der Waals surface area contributed by atoms with E-state index < -0.39 is 0 Å². The summed E-state index contributed by atoms with van der Waals surface area (Å²) in [5.74, 6) is 0.122. The van der Waals surface area contributed by atoms with Crippen molar-refractivity contribution < 1.29 is 4.79 Å². The summed E-state index contributed by atoms with van der Waals surface area (Å²) in [5, 5.41) is 0. The number of nitrogens with zero attached hydrogens (tertiary/aromatic N) is 2. The largest absolute Gasteiger partial charge is 0.399 e. The minimum absolute atomic E-state index is 0.122. The lowest BCUT2D eigenvalue weighted by atomic mass is 10.1. The monoisotopic (exact) mass is 217 g/mol. The van der Waals surface area contributed by atoms with Gasteiger partial charge in [0.25, 0.3) is 0 Å². The number of rotatable bonds is 1. The molecule has 1 amide bonds. The molecule has 0 aromatic heterocycles. The quantitative estimate of drug-likeness (QED) is 0.724. The van der Waals surface area contributed by atoms with Gasteiger partial charge in [0, 0.05) is 30.4 Å². The highest BCUT2D eigenvalue weighted by Gasteiger charge is 2.18. The zero-order valence-electron chi connectivity index (χ0n) is 9.31. The van der Waals surface area contributed by atoms with Crippen LogP contribution in [-0.2, 0) is 4.79 Å². The Morgan fingerprint density at radius 2 is 2.38 bits per heavy atom. The van der Waals surface area contributed by atoms with Gasteiger partial charge in [-0.1, -0.05) is 6.92 Å². The van der Waals surface area contributed by atoms with Crippen LogP contribution in [0.25, 0.3) is 0 Å². The number of aliphatic imine (C=N–C) groups is 1. The third-order valence-electron chi connectivity index (χ3n) is 2.63. The SMILES string of the molecule is CCC(=O)N1CCN=Cc2cc(N)ccc21. The lowest BCUT2D eigenvalue weighted by Gasteiger charge is -2.21. The number of nitrogen functional groups attached to an aromatic ring is 1. The Balaban J connectivity index is 2.45. The summed E-state index contributed by atoms with van der Waals surface area (Å²) in [6.07, 6.45) is 2.29. The molecule has 0 spiro atoms. The summed E-state index contributed by atoms with van der Waals surface area (Å²) in [7, 11) is 0. The van der Waals surface area contributed by atoms with Crippen LogP contribution in [0.5, 0.6) is 0 Å². The van der Waals surface area contributed by atoms with Crippen molar-refractivity contribution in [3.63, 3.8) is 0 Å². The van der Waals surface area contributed by atoms with Crippen molar-refractivity contribution in [2.45, 2.75) is 13.3 Å². The number of carbonyl (C=O) groups excluding carboxylic acids is 1. The second-order valence-electron chi connectivity index (χ2n) is 3.75. The van der Waals surface area contributed by atoms with Gasteiger partial charge in [-0.05, 0) is 18.2 Å². The maximum Gasteiger partial charge on any atom is 0.226 e. The maximum absolute atomic E-state index is 11.8. The van der Waals surface area contributed by atoms with Gasteiger partial charge >= 0.3 is 0 Å². The highest BCUT2D eigenvalue weighted by molar-refractivity contribution is 6.00. The number of amides is 1. The molecule has 1 aliphatic rings. The molecule has 16 heavy (non-hydrogen) atoms. The summed E-state index contributed by atoms with van der Waals surface area (Å²) < 4.78 is 0. The average molecular weight is 217 g/mol. The number of hydrogen-bond donors (Lipinski definition) is 1. The minimum Gasteiger partial charge on any atom is -0.399 e. The Bertz CT molecular complexity index is 440. The van der Waals surface area contributed by atoms with E-state index in [0.29, 0.717) is 25.2 Å². The number of benzene rings is 1. The van der Waals surface area contributed by atoms with Gasteiger partial charge in [0.15, 0.2) is 0 Å². The first-order chi connectivity index (χ1) is 7.72. The normalized spacial score (nSPS) is 14.4. The molecule has 2 N–H and O–H groups in total. The summed E-state index contributed by atoms with van der Waals surface area (Å²) in [5.41, 5.74) is 8.23. The van der Waals surface area contributed by atoms with Crippen LogP contribution in [0.4, 0.5) is 11.4 Å². The van der Waals surface area contributed by atoms with Crippen molar-refractivity contribution in [2.75, 3.05) is 23.7 Å². The fraction of sp³-hybridized carbons (Fsp3) is 0.333. The standard InChI is InChI=1S/C12H15N3O/c1-2-12(16)15-6-5-14-8-9-7-10(13)3-4-11(9)15/h3-4,7-8H,2,5-6,13H2,1H3. The van der Waals surface area contributed by atoms with Gasteiger partial charge < -0.3 is 10.6 Å². The lowest BCUT2D eigenvalue weighted by molar-refractivity contribution is -0.118. The Morgan fingerprint density at radius 3 is 3.12 bits per heavy atom. The second-order valence-corrected chi connectivity index (χ2v) is 3.75. The van der Waals surface area contributed by atoms with Gasteiger partial charge in [0.05, 0.1) is 12.2 Å². The van der Waals surface area contributed by atoms with Crippen molar-refractivity contribution in [2.24, 2.45) is 4.99 Å². The number of hydrogen-bond acceptors (Lipinski definition) is 3. The van der Waals surface area contributed by atoms with E-state index in [0.717, 1.165) is 11.3 Å². The van der Waals surface area contributed by atoms with E-state index in [9.17, 15) is 4.79 Å². The molecule has 0 saturated carbocycles. The Morgan fingerprint density at radius 1 is 1.56 bits per heavy atom. The number of fused-ring (bicyclic) bond motifs is 1. The zero-order valence-corrected chi connectivity index (χ0v) is 9.31. The Kier molecular flexibility index (Phi) is 2.90. The third kappa shape index (κ3) is 1.91. The highest BCUT2D eigenvalue weighted by atomic mass is 16.2. The van der Waals surface area contributed by atoms with Gasteiger partial charge in [0.1, 0.15) is 0 Å². The molecule has 2 rings (SSSR count). The van der Waals surface area contributed by atoms with Crippen molar-refractivity contribution in [3.05, 3.63) is 23.8 Å². The molecule has 0 bridgehead atoms. The van der Waals surface area contributed by atoms with E-state index >= 15 is 0 Å². The zero-order chi connectivity index (χ0) is 11.5. The first kappa shape index (κ1) is 10.7. The van der Waals surface area contributed by atoms with E-state index in [1.165, 1.54) is 0 Å². The predicted molar refractivity (Wildman–Crippen MR) is 66.0 cm³/mol. The van der Waals surface area contributed by atoms with Gasteiger partial charge in [-0.25, -0.2) is 0 Å². The van der Waals surface area contributed by atoms with Crippen molar-refractivity contribution in [3.8, 4) is 0 Å². The fourth-order valence-corrected chi connectivity index (χ4v) is 1.81. The molecule has 4 heteroatoms. The first-order valence-electron chi connectivity index (χ1n) is 5.42. The number of nitrogens with two attached hydrogens (primary N) is 1. The second kappa shape index (κ2) is 4.35. The Hall–Kier alpha value is -1.84. The van der Waals surface area contributed by atoms with Crippen LogP contribution in [0, 0.1) is 0 Å².